The van der Waals surface area contributed by atoms with Gasteiger partial charge in [0.25, 0.3) is 0 Å². The van der Waals surface area contributed by atoms with Crippen LogP contribution in [0.1, 0.15) is 66.2 Å². The minimum Gasteiger partial charge on any atom is -0.297 e. The van der Waals surface area contributed by atoms with Crippen LogP contribution in [0.2, 0.25) is 0 Å². The first-order chi connectivity index (χ1) is 7.60. The summed E-state index contributed by atoms with van der Waals surface area (Å²) in [4.78, 5) is 2.84. The maximum absolute atomic E-state index is 2.84. The molecular weight excluding hydrogens is 194 g/mol. The minimum atomic E-state index is 0.507. The molecule has 0 amide bonds. The lowest BCUT2D eigenvalue weighted by Gasteiger charge is -2.39. The summed E-state index contributed by atoms with van der Waals surface area (Å²) in [5.74, 6) is 1.02. The Hall–Kier alpha value is -0.0400. The summed E-state index contributed by atoms with van der Waals surface area (Å²) in [7, 11) is 0. The van der Waals surface area contributed by atoms with Gasteiger partial charge in [0.2, 0.25) is 0 Å². The second-order valence-electron chi connectivity index (χ2n) is 6.54. The van der Waals surface area contributed by atoms with Crippen LogP contribution in [0.15, 0.2) is 0 Å². The van der Waals surface area contributed by atoms with Crippen molar-refractivity contribution in [3.63, 3.8) is 0 Å². The lowest BCUT2D eigenvalue weighted by molar-refractivity contribution is 0.0871. The van der Waals surface area contributed by atoms with Gasteiger partial charge in [0, 0.05) is 12.1 Å². The van der Waals surface area contributed by atoms with Crippen LogP contribution in [-0.4, -0.2) is 23.5 Å². The molecule has 0 N–H and O–H groups in total. The van der Waals surface area contributed by atoms with Crippen LogP contribution in [0.25, 0.3) is 0 Å². The summed E-state index contributed by atoms with van der Waals surface area (Å²) in [6.07, 6.45) is 8.70. The number of hydrogen-bond donors (Lipinski definition) is 0. The Bertz CT molecular complexity index is 234. The molecule has 1 nitrogen and oxygen atoms in total. The van der Waals surface area contributed by atoms with Crippen molar-refractivity contribution >= 4 is 0 Å². The van der Waals surface area contributed by atoms with Gasteiger partial charge in [-0.1, -0.05) is 40.5 Å². The molecule has 1 aliphatic carbocycles. The zero-order valence-electron chi connectivity index (χ0n) is 11.6. The largest absolute Gasteiger partial charge is 0.297 e. The summed E-state index contributed by atoms with van der Waals surface area (Å²) >= 11 is 0. The second kappa shape index (κ2) is 4.68. The third-order valence-corrected chi connectivity index (χ3v) is 5.40. The molecule has 1 aliphatic heterocycles. The summed E-state index contributed by atoms with van der Waals surface area (Å²) in [6, 6.07) is 1.77. The van der Waals surface area contributed by atoms with Crippen LogP contribution in [-0.2, 0) is 0 Å². The zero-order chi connectivity index (χ0) is 11.8. The van der Waals surface area contributed by atoms with E-state index >= 15 is 0 Å². The highest BCUT2D eigenvalue weighted by molar-refractivity contribution is 5.00. The molecule has 0 aromatic carbocycles. The Labute approximate surface area is 102 Å². The molecule has 94 valence electrons. The lowest BCUT2D eigenvalue weighted by Crippen LogP contribution is -2.44. The van der Waals surface area contributed by atoms with Crippen molar-refractivity contribution in [2.75, 3.05) is 6.54 Å². The molecule has 2 rings (SSSR count). The van der Waals surface area contributed by atoms with E-state index in [1.807, 2.05) is 0 Å². The fraction of sp³-hybridized carbons (Fsp3) is 1.00. The molecule has 0 aromatic rings. The first kappa shape index (κ1) is 12.4. The monoisotopic (exact) mass is 223 g/mol. The molecule has 1 saturated heterocycles. The predicted octanol–water partition coefficient (Wildman–Crippen LogP) is 4.08. The fourth-order valence-electron chi connectivity index (χ4n) is 4.01. The van der Waals surface area contributed by atoms with E-state index in [1.54, 1.807) is 0 Å². The number of nitrogens with zero attached hydrogens (tertiary/aromatic N) is 1. The van der Waals surface area contributed by atoms with E-state index in [0.29, 0.717) is 5.41 Å². The number of fused-ring (bicyclic) bond motifs is 1. The number of rotatable bonds is 3. The van der Waals surface area contributed by atoms with Gasteiger partial charge in [0.15, 0.2) is 0 Å². The predicted molar refractivity (Wildman–Crippen MR) is 70.6 cm³/mol. The maximum Gasteiger partial charge on any atom is 0.0152 e. The van der Waals surface area contributed by atoms with Gasteiger partial charge in [-0.05, 0) is 43.6 Å². The van der Waals surface area contributed by atoms with E-state index in [-0.39, 0.29) is 0 Å². The maximum atomic E-state index is 2.84. The highest BCUT2D eigenvalue weighted by Crippen LogP contribution is 2.46. The summed E-state index contributed by atoms with van der Waals surface area (Å²) in [5.41, 5.74) is 0.507. The van der Waals surface area contributed by atoms with Gasteiger partial charge in [0.1, 0.15) is 0 Å². The molecule has 0 bridgehead atoms. The van der Waals surface area contributed by atoms with Crippen LogP contribution >= 0.6 is 0 Å². The van der Waals surface area contributed by atoms with Gasteiger partial charge in [0.05, 0.1) is 0 Å². The lowest BCUT2D eigenvalue weighted by atomic mass is 9.78. The summed E-state index contributed by atoms with van der Waals surface area (Å²) in [5, 5.41) is 0. The average molecular weight is 223 g/mol. The second-order valence-corrected chi connectivity index (χ2v) is 6.54. The number of hydrogen-bond acceptors (Lipinski definition) is 1. The summed E-state index contributed by atoms with van der Waals surface area (Å²) in [6.45, 7) is 10.9. The van der Waals surface area contributed by atoms with Crippen LogP contribution in [0.4, 0.5) is 0 Å². The molecule has 1 heterocycles. The van der Waals surface area contributed by atoms with Gasteiger partial charge < -0.3 is 0 Å². The standard InChI is InChI=1S/C15H29N/c1-5-15(3,4)14-11-12-9-7-8-10-13(12)16(14)6-2/h12-14H,5-11H2,1-4H3. The zero-order valence-corrected chi connectivity index (χ0v) is 11.6. The molecule has 0 radical (unpaired) electrons. The van der Waals surface area contributed by atoms with Crippen molar-refractivity contribution in [2.45, 2.75) is 78.3 Å². The van der Waals surface area contributed by atoms with Crippen LogP contribution in [0.3, 0.4) is 0 Å². The van der Waals surface area contributed by atoms with E-state index in [0.717, 1.165) is 18.0 Å². The van der Waals surface area contributed by atoms with Crippen LogP contribution < -0.4 is 0 Å². The topological polar surface area (TPSA) is 3.24 Å². The SMILES string of the molecule is CCN1C2CCCCC2CC1C(C)(C)CC. The third kappa shape index (κ3) is 2.03. The van der Waals surface area contributed by atoms with Gasteiger partial charge in [-0.25, -0.2) is 0 Å². The van der Waals surface area contributed by atoms with Crippen molar-refractivity contribution in [1.82, 2.24) is 4.90 Å². The smallest absolute Gasteiger partial charge is 0.0152 e. The average Bonchev–Trinajstić information content (AvgIpc) is 2.68. The Kier molecular flexibility index (Phi) is 3.63. The van der Waals surface area contributed by atoms with Crippen molar-refractivity contribution in [2.24, 2.45) is 11.3 Å². The van der Waals surface area contributed by atoms with Crippen LogP contribution in [0.5, 0.6) is 0 Å². The van der Waals surface area contributed by atoms with E-state index < -0.39 is 0 Å². The van der Waals surface area contributed by atoms with E-state index in [4.69, 9.17) is 0 Å². The Morgan fingerprint density at radius 1 is 1.12 bits per heavy atom. The first-order valence-electron chi connectivity index (χ1n) is 7.36. The molecule has 1 heteroatoms. The van der Waals surface area contributed by atoms with Crippen molar-refractivity contribution < 1.29 is 0 Å². The third-order valence-electron chi connectivity index (χ3n) is 5.40. The molecule has 2 fully saturated rings. The van der Waals surface area contributed by atoms with Crippen molar-refractivity contribution in [3.8, 4) is 0 Å². The molecule has 3 atom stereocenters. The Morgan fingerprint density at radius 2 is 1.81 bits per heavy atom. The Morgan fingerprint density at radius 3 is 2.44 bits per heavy atom. The van der Waals surface area contributed by atoms with E-state index in [9.17, 15) is 0 Å². The first-order valence-corrected chi connectivity index (χ1v) is 7.36. The van der Waals surface area contributed by atoms with Gasteiger partial charge >= 0.3 is 0 Å². The molecule has 0 aromatic heterocycles. The van der Waals surface area contributed by atoms with Crippen molar-refractivity contribution in [3.05, 3.63) is 0 Å². The highest BCUT2D eigenvalue weighted by Gasteiger charge is 2.46. The Balaban J connectivity index is 2.14. The molecule has 0 spiro atoms. The molecule has 16 heavy (non-hydrogen) atoms. The minimum absolute atomic E-state index is 0.507. The quantitative estimate of drug-likeness (QED) is 0.697. The highest BCUT2D eigenvalue weighted by atomic mass is 15.2. The molecular formula is C15H29N. The van der Waals surface area contributed by atoms with Gasteiger partial charge in [-0.2, -0.15) is 0 Å². The fourth-order valence-corrected chi connectivity index (χ4v) is 4.01. The normalized spacial score (nSPS) is 36.4. The summed E-state index contributed by atoms with van der Waals surface area (Å²) < 4.78 is 0. The number of likely N-dealkylation sites (tertiary alicyclic amines) is 1. The van der Waals surface area contributed by atoms with Gasteiger partial charge in [-0.3, -0.25) is 4.90 Å². The van der Waals surface area contributed by atoms with Crippen LogP contribution in [0, 0.1) is 11.3 Å². The van der Waals surface area contributed by atoms with Crippen molar-refractivity contribution in [1.29, 1.82) is 0 Å². The van der Waals surface area contributed by atoms with E-state index in [2.05, 4.69) is 32.6 Å². The molecule has 2 aliphatic rings. The molecule has 3 unspecified atom stereocenters. The van der Waals surface area contributed by atoms with Gasteiger partial charge in [-0.15, -0.1) is 0 Å². The van der Waals surface area contributed by atoms with E-state index in [1.165, 1.54) is 45.1 Å². The molecule has 1 saturated carbocycles.